The van der Waals surface area contributed by atoms with Crippen molar-refractivity contribution in [3.8, 4) is 0 Å². The van der Waals surface area contributed by atoms with E-state index in [4.69, 9.17) is 4.74 Å². The molecule has 162 valence electrons. The standard InChI is InChI=1S/C21H20F3N5O2/c1-13(12-31-2)26-20-25-9-8-19(28-20)29(14-6-4-3-5-7-14)21(30)27-18-11-16(23)15(22)10-17(18)24/h3-11,13H,12H2,1-2H3,(H,27,30)(H,25,26,28)/t13-/m0/s1. The maximum absolute atomic E-state index is 14.1. The molecule has 7 nitrogen and oxygen atoms in total. The van der Waals surface area contributed by atoms with Crippen LogP contribution in [0.4, 0.5) is 41.1 Å². The number of nitrogens with zero attached hydrogens (tertiary/aromatic N) is 3. The summed E-state index contributed by atoms with van der Waals surface area (Å²) in [5, 5.41) is 5.30. The Morgan fingerprint density at radius 2 is 1.81 bits per heavy atom. The number of ether oxygens (including phenoxy) is 1. The molecule has 2 amide bonds. The number of rotatable bonds is 7. The minimum atomic E-state index is -1.35. The molecule has 0 saturated heterocycles. The number of hydrogen-bond acceptors (Lipinski definition) is 5. The number of carbonyl (C=O) groups excluding carboxylic acids is 1. The summed E-state index contributed by atoms with van der Waals surface area (Å²) >= 11 is 0. The molecule has 0 radical (unpaired) electrons. The Bertz CT molecular complexity index is 1050. The molecule has 0 unspecified atom stereocenters. The second-order valence-corrected chi connectivity index (χ2v) is 6.59. The highest BCUT2D eigenvalue weighted by molar-refractivity contribution is 6.06. The number of benzene rings is 2. The van der Waals surface area contributed by atoms with Gasteiger partial charge in [0.15, 0.2) is 11.6 Å². The predicted octanol–water partition coefficient (Wildman–Crippen LogP) is 4.71. The van der Waals surface area contributed by atoms with E-state index in [-0.39, 0.29) is 17.8 Å². The van der Waals surface area contributed by atoms with Crippen LogP contribution in [0.15, 0.2) is 54.7 Å². The van der Waals surface area contributed by atoms with Crippen LogP contribution in [-0.2, 0) is 4.74 Å². The molecule has 31 heavy (non-hydrogen) atoms. The van der Waals surface area contributed by atoms with Gasteiger partial charge in [0.1, 0.15) is 11.6 Å². The van der Waals surface area contributed by atoms with Crippen molar-refractivity contribution >= 4 is 29.2 Å². The zero-order chi connectivity index (χ0) is 22.4. The molecule has 3 rings (SSSR count). The molecule has 10 heteroatoms. The number of amides is 2. The number of para-hydroxylation sites is 1. The van der Waals surface area contributed by atoms with Crippen molar-refractivity contribution in [3.63, 3.8) is 0 Å². The lowest BCUT2D eigenvalue weighted by Gasteiger charge is -2.23. The zero-order valence-corrected chi connectivity index (χ0v) is 16.8. The van der Waals surface area contributed by atoms with Crippen molar-refractivity contribution in [2.75, 3.05) is 29.3 Å². The Labute approximate surface area is 176 Å². The summed E-state index contributed by atoms with van der Waals surface area (Å²) in [5.74, 6) is -3.34. The summed E-state index contributed by atoms with van der Waals surface area (Å²) < 4.78 is 45.9. The maximum atomic E-state index is 14.1. The first-order chi connectivity index (χ1) is 14.9. The van der Waals surface area contributed by atoms with Gasteiger partial charge in [0.05, 0.1) is 18.0 Å². The summed E-state index contributed by atoms with van der Waals surface area (Å²) in [7, 11) is 1.56. The molecular weight excluding hydrogens is 411 g/mol. The Morgan fingerprint density at radius 3 is 2.52 bits per heavy atom. The minimum absolute atomic E-state index is 0.101. The third kappa shape index (κ3) is 5.48. The van der Waals surface area contributed by atoms with Crippen molar-refractivity contribution in [2.45, 2.75) is 13.0 Å². The summed E-state index contributed by atoms with van der Waals surface area (Å²) in [6.45, 7) is 2.28. The third-order valence-electron chi connectivity index (χ3n) is 4.13. The highest BCUT2D eigenvalue weighted by atomic mass is 19.2. The van der Waals surface area contributed by atoms with E-state index in [0.29, 0.717) is 24.4 Å². The van der Waals surface area contributed by atoms with Crippen LogP contribution in [-0.4, -0.2) is 35.8 Å². The fourth-order valence-electron chi connectivity index (χ4n) is 2.78. The number of aromatic nitrogens is 2. The van der Waals surface area contributed by atoms with Crippen LogP contribution in [0.3, 0.4) is 0 Å². The Hall–Kier alpha value is -3.66. The highest BCUT2D eigenvalue weighted by Crippen LogP contribution is 2.26. The molecule has 1 atom stereocenters. The topological polar surface area (TPSA) is 79.4 Å². The van der Waals surface area contributed by atoms with Crippen LogP contribution < -0.4 is 15.5 Å². The van der Waals surface area contributed by atoms with Crippen molar-refractivity contribution < 1.29 is 22.7 Å². The van der Waals surface area contributed by atoms with Gasteiger partial charge in [-0.15, -0.1) is 0 Å². The molecule has 0 aliphatic carbocycles. The Morgan fingerprint density at radius 1 is 1.10 bits per heavy atom. The molecule has 0 aliphatic heterocycles. The van der Waals surface area contributed by atoms with Crippen molar-refractivity contribution in [1.82, 2.24) is 9.97 Å². The number of halogens is 3. The van der Waals surface area contributed by atoms with Crippen molar-refractivity contribution in [1.29, 1.82) is 0 Å². The summed E-state index contributed by atoms with van der Waals surface area (Å²) in [5.41, 5.74) is -0.0939. The molecule has 0 fully saturated rings. The quantitative estimate of drug-likeness (QED) is 0.530. The number of urea groups is 1. The van der Waals surface area contributed by atoms with E-state index in [1.165, 1.54) is 12.3 Å². The summed E-state index contributed by atoms with van der Waals surface area (Å²) in [6, 6.07) is 9.94. The second kappa shape index (κ2) is 9.90. The first kappa shape index (κ1) is 22.0. The Balaban J connectivity index is 1.95. The smallest absolute Gasteiger partial charge is 0.332 e. The van der Waals surface area contributed by atoms with Gasteiger partial charge in [-0.3, -0.25) is 0 Å². The lowest BCUT2D eigenvalue weighted by Crippen LogP contribution is -2.32. The molecule has 1 heterocycles. The maximum Gasteiger partial charge on any atom is 0.332 e. The van der Waals surface area contributed by atoms with Crippen molar-refractivity contribution in [3.05, 3.63) is 72.2 Å². The van der Waals surface area contributed by atoms with Gasteiger partial charge in [-0.05, 0) is 19.1 Å². The van der Waals surface area contributed by atoms with Crippen LogP contribution in [0.2, 0.25) is 0 Å². The van der Waals surface area contributed by atoms with Gasteiger partial charge < -0.3 is 15.4 Å². The zero-order valence-electron chi connectivity index (χ0n) is 16.8. The van der Waals surface area contributed by atoms with Crippen LogP contribution >= 0.6 is 0 Å². The number of nitrogens with one attached hydrogen (secondary N) is 2. The lowest BCUT2D eigenvalue weighted by atomic mass is 10.2. The summed E-state index contributed by atoms with van der Waals surface area (Å²) in [4.78, 5) is 22.7. The number of hydrogen-bond donors (Lipinski definition) is 2. The molecule has 0 spiro atoms. The number of methoxy groups -OCH3 is 1. The van der Waals surface area contributed by atoms with Crippen LogP contribution in [0, 0.1) is 17.5 Å². The van der Waals surface area contributed by atoms with Gasteiger partial charge in [-0.2, -0.15) is 4.98 Å². The predicted molar refractivity (Wildman–Crippen MR) is 111 cm³/mol. The van der Waals surface area contributed by atoms with Gasteiger partial charge in [0.25, 0.3) is 0 Å². The number of anilines is 4. The normalized spacial score (nSPS) is 11.6. The fraction of sp³-hybridized carbons (Fsp3) is 0.190. The van der Waals surface area contributed by atoms with Crippen molar-refractivity contribution in [2.24, 2.45) is 0 Å². The summed E-state index contributed by atoms with van der Waals surface area (Å²) in [6.07, 6.45) is 1.45. The van der Waals surface area contributed by atoms with E-state index in [1.807, 2.05) is 6.92 Å². The third-order valence-corrected chi connectivity index (χ3v) is 4.13. The molecule has 2 N–H and O–H groups in total. The van der Waals surface area contributed by atoms with Gasteiger partial charge in [0.2, 0.25) is 5.95 Å². The second-order valence-electron chi connectivity index (χ2n) is 6.59. The van der Waals surface area contributed by atoms with E-state index in [1.54, 1.807) is 37.4 Å². The molecule has 0 bridgehead atoms. The first-order valence-electron chi connectivity index (χ1n) is 9.28. The van der Waals surface area contributed by atoms with Crippen LogP contribution in [0.5, 0.6) is 0 Å². The minimum Gasteiger partial charge on any atom is -0.383 e. The lowest BCUT2D eigenvalue weighted by molar-refractivity contribution is 0.190. The van der Waals surface area contributed by atoms with E-state index < -0.39 is 29.2 Å². The highest BCUT2D eigenvalue weighted by Gasteiger charge is 2.22. The van der Waals surface area contributed by atoms with E-state index in [0.717, 1.165) is 4.90 Å². The van der Waals surface area contributed by atoms with Gasteiger partial charge in [0, 0.05) is 37.5 Å². The molecule has 0 saturated carbocycles. The average molecular weight is 431 g/mol. The van der Waals surface area contributed by atoms with E-state index in [9.17, 15) is 18.0 Å². The van der Waals surface area contributed by atoms with Gasteiger partial charge >= 0.3 is 6.03 Å². The molecular formula is C21H20F3N5O2. The van der Waals surface area contributed by atoms with E-state index >= 15 is 0 Å². The van der Waals surface area contributed by atoms with Gasteiger partial charge in [-0.1, -0.05) is 18.2 Å². The molecule has 2 aromatic carbocycles. The van der Waals surface area contributed by atoms with Crippen LogP contribution in [0.1, 0.15) is 6.92 Å². The molecule has 0 aliphatic rings. The Kier molecular flexibility index (Phi) is 7.03. The monoisotopic (exact) mass is 431 g/mol. The first-order valence-corrected chi connectivity index (χ1v) is 9.28. The van der Waals surface area contributed by atoms with Crippen LogP contribution in [0.25, 0.3) is 0 Å². The largest absolute Gasteiger partial charge is 0.383 e. The molecule has 3 aromatic rings. The SMILES string of the molecule is COC[C@H](C)Nc1nccc(N(C(=O)Nc2cc(F)c(F)cc2F)c2ccccc2)n1. The van der Waals surface area contributed by atoms with E-state index in [2.05, 4.69) is 20.6 Å². The number of carbonyl (C=O) groups is 1. The molecule has 1 aromatic heterocycles. The fourth-order valence-corrected chi connectivity index (χ4v) is 2.78. The average Bonchev–Trinajstić information content (AvgIpc) is 2.73. The van der Waals surface area contributed by atoms with Gasteiger partial charge in [-0.25, -0.2) is 27.8 Å².